The van der Waals surface area contributed by atoms with Gasteiger partial charge in [0.05, 0.1) is 5.02 Å². The van der Waals surface area contributed by atoms with Crippen molar-refractivity contribution in [3.8, 4) is 0 Å². The van der Waals surface area contributed by atoms with Crippen LogP contribution in [0.4, 0.5) is 11.4 Å². The zero-order valence-electron chi connectivity index (χ0n) is 18.0. The monoisotopic (exact) mass is 503 g/mol. The third-order valence-electron chi connectivity index (χ3n) is 5.51. The van der Waals surface area contributed by atoms with E-state index < -0.39 is 10.0 Å². The first-order chi connectivity index (χ1) is 15.7. The van der Waals surface area contributed by atoms with Gasteiger partial charge in [0.25, 0.3) is 15.9 Å². The van der Waals surface area contributed by atoms with Gasteiger partial charge in [-0.25, -0.2) is 8.42 Å². The Balaban J connectivity index is 1.49. The van der Waals surface area contributed by atoms with Crippen LogP contribution in [0.3, 0.4) is 0 Å². The van der Waals surface area contributed by atoms with Crippen molar-refractivity contribution in [3.05, 3.63) is 87.9 Å². The van der Waals surface area contributed by atoms with E-state index in [1.807, 2.05) is 43.3 Å². The summed E-state index contributed by atoms with van der Waals surface area (Å²) in [5.74, 6) is -0.232. The van der Waals surface area contributed by atoms with Crippen molar-refractivity contribution in [2.24, 2.45) is 0 Å². The van der Waals surface area contributed by atoms with Gasteiger partial charge in [-0.15, -0.1) is 0 Å². The van der Waals surface area contributed by atoms with Gasteiger partial charge in [-0.2, -0.15) is 0 Å². The average Bonchev–Trinajstić information content (AvgIpc) is 2.80. The molecule has 1 aliphatic heterocycles. The van der Waals surface area contributed by atoms with E-state index in [4.69, 9.17) is 23.2 Å². The number of carbonyl (C=O) groups is 1. The molecule has 1 saturated heterocycles. The van der Waals surface area contributed by atoms with Crippen molar-refractivity contribution in [2.75, 3.05) is 35.8 Å². The highest BCUT2D eigenvalue weighted by Crippen LogP contribution is 2.27. The molecule has 1 heterocycles. The molecule has 6 nitrogen and oxygen atoms in total. The Hall–Kier alpha value is -2.74. The molecule has 0 spiro atoms. The van der Waals surface area contributed by atoms with Crippen molar-refractivity contribution in [2.45, 2.75) is 11.8 Å². The summed E-state index contributed by atoms with van der Waals surface area (Å²) in [7, 11) is -3.97. The number of anilines is 2. The summed E-state index contributed by atoms with van der Waals surface area (Å²) in [6.07, 6.45) is 0. The minimum absolute atomic E-state index is 0.0527. The summed E-state index contributed by atoms with van der Waals surface area (Å²) in [5.41, 5.74) is 2.72. The quantitative estimate of drug-likeness (QED) is 0.527. The zero-order chi connectivity index (χ0) is 23.6. The fourth-order valence-corrected chi connectivity index (χ4v) is 5.47. The van der Waals surface area contributed by atoms with Crippen molar-refractivity contribution >= 4 is 50.5 Å². The molecule has 0 aromatic heterocycles. The summed E-state index contributed by atoms with van der Waals surface area (Å²) in [5, 5.41) is 0.720. The van der Waals surface area contributed by atoms with Crippen LogP contribution in [0.2, 0.25) is 10.0 Å². The van der Waals surface area contributed by atoms with Crippen molar-refractivity contribution in [1.29, 1.82) is 0 Å². The smallest absolute Gasteiger partial charge is 0.263 e. The number of halogens is 2. The first-order valence-corrected chi connectivity index (χ1v) is 12.7. The van der Waals surface area contributed by atoms with Gasteiger partial charge >= 0.3 is 0 Å². The third kappa shape index (κ3) is 5.43. The molecule has 0 radical (unpaired) electrons. The number of benzene rings is 3. The molecule has 1 fully saturated rings. The maximum atomic E-state index is 13.1. The number of hydrogen-bond donors (Lipinski definition) is 1. The van der Waals surface area contributed by atoms with Gasteiger partial charge in [-0.3, -0.25) is 9.52 Å². The summed E-state index contributed by atoms with van der Waals surface area (Å²) in [4.78, 5) is 16.9. The molecule has 0 unspecified atom stereocenters. The highest BCUT2D eigenvalue weighted by atomic mass is 35.5. The second-order valence-corrected chi connectivity index (χ2v) is 10.4. The predicted octanol–water partition coefficient (Wildman–Crippen LogP) is 5.07. The lowest BCUT2D eigenvalue weighted by Crippen LogP contribution is -2.48. The van der Waals surface area contributed by atoms with E-state index in [0.717, 1.165) is 11.3 Å². The first kappa shape index (κ1) is 23.4. The summed E-state index contributed by atoms with van der Waals surface area (Å²) < 4.78 is 28.4. The average molecular weight is 504 g/mol. The molecule has 0 bridgehead atoms. The van der Waals surface area contributed by atoms with Gasteiger partial charge in [0.1, 0.15) is 4.90 Å². The fraction of sp³-hybridized carbons (Fsp3) is 0.208. The molecule has 172 valence electrons. The van der Waals surface area contributed by atoms with E-state index >= 15 is 0 Å². The van der Waals surface area contributed by atoms with E-state index in [9.17, 15) is 13.2 Å². The lowest BCUT2D eigenvalue weighted by atomic mass is 10.1. The van der Waals surface area contributed by atoms with Crippen LogP contribution in [-0.2, 0) is 10.0 Å². The Morgan fingerprint density at radius 3 is 2.27 bits per heavy atom. The fourth-order valence-electron chi connectivity index (χ4n) is 3.70. The lowest BCUT2D eigenvalue weighted by Gasteiger charge is -2.36. The van der Waals surface area contributed by atoms with Crippen LogP contribution < -0.4 is 9.62 Å². The Morgan fingerprint density at radius 2 is 1.61 bits per heavy atom. The van der Waals surface area contributed by atoms with Gasteiger partial charge in [-0.1, -0.05) is 47.0 Å². The van der Waals surface area contributed by atoms with E-state index in [1.165, 1.54) is 12.1 Å². The minimum Gasteiger partial charge on any atom is -0.368 e. The SMILES string of the molecule is Cc1ccc(NS(=O)(=O)c2cc(C(=O)N3CCN(c4cccc(Cl)c4)CC3)ccc2Cl)cc1. The number of nitrogens with zero attached hydrogens (tertiary/aromatic N) is 2. The highest BCUT2D eigenvalue weighted by Gasteiger charge is 2.25. The van der Waals surface area contributed by atoms with E-state index in [-0.39, 0.29) is 21.4 Å². The molecular weight excluding hydrogens is 481 g/mol. The maximum Gasteiger partial charge on any atom is 0.263 e. The van der Waals surface area contributed by atoms with Gasteiger partial charge in [0, 0.05) is 48.1 Å². The van der Waals surface area contributed by atoms with Gasteiger partial charge < -0.3 is 9.80 Å². The highest BCUT2D eigenvalue weighted by molar-refractivity contribution is 7.92. The molecule has 3 aromatic rings. The number of amides is 1. The molecule has 33 heavy (non-hydrogen) atoms. The van der Waals surface area contributed by atoms with Gasteiger partial charge in [-0.05, 0) is 55.5 Å². The molecule has 4 rings (SSSR count). The number of piperazine rings is 1. The van der Waals surface area contributed by atoms with Crippen LogP contribution >= 0.6 is 23.2 Å². The Kier molecular flexibility index (Phi) is 6.83. The van der Waals surface area contributed by atoms with Crippen molar-refractivity contribution in [1.82, 2.24) is 4.90 Å². The largest absolute Gasteiger partial charge is 0.368 e. The van der Waals surface area contributed by atoms with Crippen LogP contribution in [0, 0.1) is 6.92 Å². The van der Waals surface area contributed by atoms with E-state index in [1.54, 1.807) is 23.1 Å². The number of rotatable bonds is 5. The number of sulfonamides is 1. The molecule has 1 amide bonds. The number of nitrogens with one attached hydrogen (secondary N) is 1. The summed E-state index contributed by atoms with van der Waals surface area (Å²) >= 11 is 12.3. The maximum absolute atomic E-state index is 13.1. The number of aryl methyl sites for hydroxylation is 1. The predicted molar refractivity (Wildman–Crippen MR) is 133 cm³/mol. The normalized spacial score (nSPS) is 14.3. The van der Waals surface area contributed by atoms with E-state index in [2.05, 4.69) is 9.62 Å². The molecule has 1 aliphatic rings. The molecule has 0 atom stereocenters. The molecule has 3 aromatic carbocycles. The van der Waals surface area contributed by atoms with Gasteiger partial charge in [0.15, 0.2) is 0 Å². The molecule has 0 aliphatic carbocycles. The minimum atomic E-state index is -3.97. The molecule has 9 heteroatoms. The zero-order valence-corrected chi connectivity index (χ0v) is 20.3. The van der Waals surface area contributed by atoms with Crippen LogP contribution in [0.15, 0.2) is 71.6 Å². The number of hydrogen-bond acceptors (Lipinski definition) is 4. The summed E-state index contributed by atoms with van der Waals surface area (Å²) in [6, 6.07) is 18.9. The van der Waals surface area contributed by atoms with Crippen LogP contribution in [0.5, 0.6) is 0 Å². The third-order valence-corrected chi connectivity index (χ3v) is 7.61. The lowest BCUT2D eigenvalue weighted by molar-refractivity contribution is 0.0746. The van der Waals surface area contributed by atoms with Crippen molar-refractivity contribution in [3.63, 3.8) is 0 Å². The Morgan fingerprint density at radius 1 is 0.909 bits per heavy atom. The second-order valence-electron chi connectivity index (χ2n) is 7.88. The van der Waals surface area contributed by atoms with Crippen LogP contribution in [0.25, 0.3) is 0 Å². The molecule has 1 N–H and O–H groups in total. The topological polar surface area (TPSA) is 69.7 Å². The van der Waals surface area contributed by atoms with Crippen molar-refractivity contribution < 1.29 is 13.2 Å². The Labute approximate surface area is 203 Å². The molecule has 0 saturated carbocycles. The molecular formula is C24H23Cl2N3O3S. The van der Waals surface area contributed by atoms with Crippen LogP contribution in [-0.4, -0.2) is 45.4 Å². The van der Waals surface area contributed by atoms with E-state index in [0.29, 0.717) is 36.9 Å². The standard InChI is InChI=1S/C24H23Cl2N3O3S/c1-17-5-8-20(9-6-17)27-33(31,32)23-15-18(7-10-22(23)26)24(30)29-13-11-28(12-14-29)21-4-2-3-19(25)16-21/h2-10,15-16,27H,11-14H2,1H3. The summed E-state index contributed by atoms with van der Waals surface area (Å²) in [6.45, 7) is 4.24. The Bertz CT molecular complexity index is 1270. The van der Waals surface area contributed by atoms with Crippen LogP contribution in [0.1, 0.15) is 15.9 Å². The number of carbonyl (C=O) groups excluding carboxylic acids is 1. The first-order valence-electron chi connectivity index (χ1n) is 10.4. The van der Waals surface area contributed by atoms with Gasteiger partial charge in [0.2, 0.25) is 0 Å². The second kappa shape index (κ2) is 9.63.